The topological polar surface area (TPSA) is 27.0 Å². The van der Waals surface area contributed by atoms with E-state index in [4.69, 9.17) is 5.26 Å². The lowest BCUT2D eigenvalue weighted by atomic mass is 9.90. The minimum Gasteiger partial charge on any atom is -0.303 e. The van der Waals surface area contributed by atoms with E-state index in [1.54, 1.807) is 0 Å². The van der Waals surface area contributed by atoms with Crippen LogP contribution in [0.5, 0.6) is 0 Å². The molecule has 1 saturated carbocycles. The Morgan fingerprint density at radius 2 is 1.88 bits per heavy atom. The molecule has 0 aromatic heterocycles. The summed E-state index contributed by atoms with van der Waals surface area (Å²) in [6, 6.07) is 2.39. The van der Waals surface area contributed by atoms with Gasteiger partial charge >= 0.3 is 0 Å². The van der Waals surface area contributed by atoms with Crippen molar-refractivity contribution >= 4 is 0 Å². The summed E-state index contributed by atoms with van der Waals surface area (Å²) in [7, 11) is 0. The number of hydrogen-bond acceptors (Lipinski definition) is 2. The van der Waals surface area contributed by atoms with Crippen LogP contribution < -0.4 is 0 Å². The zero-order valence-electron chi connectivity index (χ0n) is 10.7. The van der Waals surface area contributed by atoms with E-state index in [1.807, 2.05) is 13.8 Å². The first-order valence-electron chi connectivity index (χ1n) is 6.74. The van der Waals surface area contributed by atoms with E-state index in [-0.39, 0.29) is 5.41 Å². The highest BCUT2D eigenvalue weighted by Crippen LogP contribution is 2.37. The largest absolute Gasteiger partial charge is 0.303 e. The van der Waals surface area contributed by atoms with Gasteiger partial charge in [-0.3, -0.25) is 0 Å². The standard InChI is InChI=1S/C14H24N2/c1-14(2,11-15)7-4-8-16-9-12-5-3-6-13(12)10-16/h12-13H,3-10H2,1-2H3. The van der Waals surface area contributed by atoms with E-state index < -0.39 is 0 Å². The SMILES string of the molecule is CC(C)(C#N)CCCN1CC2CCCC2C1. The summed E-state index contributed by atoms with van der Waals surface area (Å²) in [5.74, 6) is 2.01. The minimum absolute atomic E-state index is 0.129. The molecular formula is C14H24N2. The van der Waals surface area contributed by atoms with Crippen LogP contribution in [0.2, 0.25) is 0 Å². The van der Waals surface area contributed by atoms with Crippen LogP contribution in [0, 0.1) is 28.6 Å². The van der Waals surface area contributed by atoms with Crippen LogP contribution in [-0.4, -0.2) is 24.5 Å². The molecule has 2 aliphatic rings. The summed E-state index contributed by atoms with van der Waals surface area (Å²) >= 11 is 0. The summed E-state index contributed by atoms with van der Waals surface area (Å²) in [5, 5.41) is 8.95. The van der Waals surface area contributed by atoms with Crippen LogP contribution >= 0.6 is 0 Å². The highest BCUT2D eigenvalue weighted by molar-refractivity contribution is 4.92. The van der Waals surface area contributed by atoms with E-state index in [2.05, 4.69) is 11.0 Å². The Labute approximate surface area is 99.6 Å². The Hall–Kier alpha value is -0.550. The van der Waals surface area contributed by atoms with Gasteiger partial charge in [-0.1, -0.05) is 6.42 Å². The molecule has 16 heavy (non-hydrogen) atoms. The molecule has 0 bridgehead atoms. The number of nitrogens with zero attached hydrogens (tertiary/aromatic N) is 2. The lowest BCUT2D eigenvalue weighted by molar-refractivity contribution is 0.286. The number of nitriles is 1. The van der Waals surface area contributed by atoms with Crippen molar-refractivity contribution < 1.29 is 0 Å². The lowest BCUT2D eigenvalue weighted by Gasteiger charge is -2.19. The molecule has 2 atom stereocenters. The first kappa shape index (κ1) is 11.9. The van der Waals surface area contributed by atoms with Crippen LogP contribution in [0.15, 0.2) is 0 Å². The van der Waals surface area contributed by atoms with Gasteiger partial charge in [0.2, 0.25) is 0 Å². The van der Waals surface area contributed by atoms with Gasteiger partial charge in [-0.05, 0) is 57.9 Å². The van der Waals surface area contributed by atoms with Crippen molar-refractivity contribution in [1.29, 1.82) is 5.26 Å². The van der Waals surface area contributed by atoms with E-state index in [9.17, 15) is 0 Å². The molecule has 2 fully saturated rings. The molecule has 2 unspecified atom stereocenters. The number of rotatable bonds is 4. The lowest BCUT2D eigenvalue weighted by Crippen LogP contribution is -2.24. The van der Waals surface area contributed by atoms with Gasteiger partial charge < -0.3 is 4.90 Å². The molecular weight excluding hydrogens is 196 g/mol. The summed E-state index contributed by atoms with van der Waals surface area (Å²) < 4.78 is 0. The van der Waals surface area contributed by atoms with E-state index in [0.717, 1.165) is 18.3 Å². The fraction of sp³-hybridized carbons (Fsp3) is 0.929. The molecule has 0 aromatic carbocycles. The van der Waals surface area contributed by atoms with E-state index in [1.165, 1.54) is 45.3 Å². The predicted molar refractivity (Wildman–Crippen MR) is 65.9 cm³/mol. The summed E-state index contributed by atoms with van der Waals surface area (Å²) in [4.78, 5) is 2.63. The van der Waals surface area contributed by atoms with Gasteiger partial charge in [-0.25, -0.2) is 0 Å². The molecule has 1 heterocycles. The Kier molecular flexibility index (Phi) is 3.54. The summed E-state index contributed by atoms with van der Waals surface area (Å²) in [6.07, 6.45) is 6.61. The molecule has 2 heteroatoms. The predicted octanol–water partition coefficient (Wildman–Crippen LogP) is 3.05. The zero-order chi connectivity index (χ0) is 11.6. The maximum absolute atomic E-state index is 8.95. The van der Waals surface area contributed by atoms with Crippen LogP contribution in [-0.2, 0) is 0 Å². The van der Waals surface area contributed by atoms with Gasteiger partial charge in [-0.2, -0.15) is 5.26 Å². The van der Waals surface area contributed by atoms with Crippen molar-refractivity contribution in [1.82, 2.24) is 4.90 Å². The first-order valence-corrected chi connectivity index (χ1v) is 6.74. The molecule has 0 N–H and O–H groups in total. The highest BCUT2D eigenvalue weighted by Gasteiger charge is 2.35. The van der Waals surface area contributed by atoms with E-state index >= 15 is 0 Å². The van der Waals surface area contributed by atoms with Crippen LogP contribution in [0.3, 0.4) is 0 Å². The van der Waals surface area contributed by atoms with E-state index in [0.29, 0.717) is 0 Å². The monoisotopic (exact) mass is 220 g/mol. The third-order valence-corrected chi connectivity index (χ3v) is 4.38. The third kappa shape index (κ3) is 2.77. The van der Waals surface area contributed by atoms with Gasteiger partial charge in [0.1, 0.15) is 0 Å². The molecule has 1 aliphatic heterocycles. The van der Waals surface area contributed by atoms with Crippen molar-refractivity contribution in [2.24, 2.45) is 17.3 Å². The molecule has 1 aliphatic carbocycles. The molecule has 0 amide bonds. The summed E-state index contributed by atoms with van der Waals surface area (Å²) in [5.41, 5.74) is -0.129. The zero-order valence-corrected chi connectivity index (χ0v) is 10.7. The fourth-order valence-corrected chi connectivity index (χ4v) is 3.32. The van der Waals surface area contributed by atoms with Crippen molar-refractivity contribution in [3.05, 3.63) is 0 Å². The van der Waals surface area contributed by atoms with Crippen molar-refractivity contribution in [2.45, 2.75) is 46.0 Å². The molecule has 2 nitrogen and oxygen atoms in total. The molecule has 1 saturated heterocycles. The molecule has 90 valence electrons. The van der Waals surface area contributed by atoms with Crippen LogP contribution in [0.25, 0.3) is 0 Å². The smallest absolute Gasteiger partial charge is 0.0683 e. The fourth-order valence-electron chi connectivity index (χ4n) is 3.32. The average molecular weight is 220 g/mol. The average Bonchev–Trinajstić information content (AvgIpc) is 2.77. The van der Waals surface area contributed by atoms with Crippen molar-refractivity contribution in [2.75, 3.05) is 19.6 Å². The van der Waals surface area contributed by atoms with Gasteiger partial charge in [0.25, 0.3) is 0 Å². The Bertz CT molecular complexity index is 265. The van der Waals surface area contributed by atoms with Gasteiger partial charge in [0.05, 0.1) is 11.5 Å². The Morgan fingerprint density at radius 3 is 2.44 bits per heavy atom. The molecule has 0 aromatic rings. The maximum Gasteiger partial charge on any atom is 0.0683 e. The second-order valence-corrected chi connectivity index (χ2v) is 6.31. The second kappa shape index (κ2) is 4.75. The molecule has 0 radical (unpaired) electrons. The number of likely N-dealkylation sites (tertiary alicyclic amines) is 1. The van der Waals surface area contributed by atoms with Crippen LogP contribution in [0.1, 0.15) is 46.0 Å². The maximum atomic E-state index is 8.95. The first-order chi connectivity index (χ1) is 7.61. The molecule has 2 rings (SSSR count). The minimum atomic E-state index is -0.129. The normalized spacial score (nSPS) is 30.3. The number of fused-ring (bicyclic) bond motifs is 1. The van der Waals surface area contributed by atoms with Gasteiger partial charge in [0, 0.05) is 13.1 Å². The van der Waals surface area contributed by atoms with Crippen molar-refractivity contribution in [3.8, 4) is 6.07 Å². The van der Waals surface area contributed by atoms with Gasteiger partial charge in [-0.15, -0.1) is 0 Å². The highest BCUT2D eigenvalue weighted by atomic mass is 15.2. The summed E-state index contributed by atoms with van der Waals surface area (Å²) in [6.45, 7) is 7.96. The second-order valence-electron chi connectivity index (χ2n) is 6.31. The molecule has 0 spiro atoms. The quantitative estimate of drug-likeness (QED) is 0.728. The third-order valence-electron chi connectivity index (χ3n) is 4.38. The number of hydrogen-bond donors (Lipinski definition) is 0. The van der Waals surface area contributed by atoms with Crippen molar-refractivity contribution in [3.63, 3.8) is 0 Å². The Balaban J connectivity index is 1.67. The van der Waals surface area contributed by atoms with Gasteiger partial charge in [0.15, 0.2) is 0 Å². The van der Waals surface area contributed by atoms with Crippen LogP contribution in [0.4, 0.5) is 0 Å². The Morgan fingerprint density at radius 1 is 1.25 bits per heavy atom.